The van der Waals surface area contributed by atoms with Gasteiger partial charge in [-0.3, -0.25) is 19.1 Å². The summed E-state index contributed by atoms with van der Waals surface area (Å²) < 4.78 is 54.3. The standard InChI is InChI=1S/C46H62N3O11PS/c1-31(2)49(32(3)4)61(58-27-26-56-28-29-62-43(51)45(5,6)7)60-40-38(59-42(41(40)55-10)48-25-24-39(50)47-44(48)52)30-57-46(33-14-12-11-13-15-33,34-16-20-36(53-8)21-17-34)35-18-22-37(54-9)23-19-35/h11-25,31-32,38,40-42H,26-30H2,1-10H3,(H,47,50,52)/t38-,40-,41-,42-,61?/m1/s1. The van der Waals surface area contributed by atoms with Gasteiger partial charge in [-0.1, -0.05) is 87.1 Å². The Hall–Kier alpha value is -3.89. The van der Waals surface area contributed by atoms with Crippen LogP contribution < -0.4 is 20.7 Å². The molecule has 338 valence electrons. The average molecular weight is 896 g/mol. The monoisotopic (exact) mass is 895 g/mol. The van der Waals surface area contributed by atoms with Crippen molar-refractivity contribution in [1.82, 2.24) is 14.2 Å². The molecule has 3 aromatic carbocycles. The van der Waals surface area contributed by atoms with E-state index in [1.807, 2.05) is 99.6 Å². The third-order valence-corrected chi connectivity index (χ3v) is 13.7. The Bertz CT molecular complexity index is 2050. The van der Waals surface area contributed by atoms with Crippen LogP contribution in [0.1, 0.15) is 71.4 Å². The van der Waals surface area contributed by atoms with Crippen LogP contribution in [-0.2, 0) is 38.4 Å². The second-order valence-corrected chi connectivity index (χ2v) is 18.8. The quantitative estimate of drug-likeness (QED) is 0.0471. The number of benzene rings is 3. The third kappa shape index (κ3) is 12.0. The topological polar surface area (TPSA) is 149 Å². The fourth-order valence-electron chi connectivity index (χ4n) is 7.27. The second kappa shape index (κ2) is 22.6. The van der Waals surface area contributed by atoms with Crippen LogP contribution in [0.15, 0.2) is 101 Å². The number of aromatic amines is 1. The van der Waals surface area contributed by atoms with Crippen LogP contribution in [0.2, 0.25) is 0 Å². The minimum atomic E-state index is -1.80. The molecule has 0 bridgehead atoms. The van der Waals surface area contributed by atoms with Crippen LogP contribution in [0.4, 0.5) is 0 Å². The van der Waals surface area contributed by atoms with Crippen LogP contribution in [0.25, 0.3) is 0 Å². The molecule has 16 heteroatoms. The third-order valence-electron chi connectivity index (χ3n) is 10.3. The molecule has 2 heterocycles. The van der Waals surface area contributed by atoms with Crippen molar-refractivity contribution in [3.8, 4) is 11.5 Å². The summed E-state index contributed by atoms with van der Waals surface area (Å²) in [6, 6.07) is 26.6. The van der Waals surface area contributed by atoms with E-state index in [1.165, 1.54) is 35.7 Å². The highest BCUT2D eigenvalue weighted by atomic mass is 32.2. The summed E-state index contributed by atoms with van der Waals surface area (Å²) in [6.07, 6.45) is -2.18. The van der Waals surface area contributed by atoms with Crippen molar-refractivity contribution >= 4 is 25.4 Å². The first kappa shape index (κ1) is 49.1. The highest BCUT2D eigenvalue weighted by molar-refractivity contribution is 8.13. The van der Waals surface area contributed by atoms with Crippen molar-refractivity contribution in [1.29, 1.82) is 0 Å². The summed E-state index contributed by atoms with van der Waals surface area (Å²) in [5, 5.41) is 0.111. The van der Waals surface area contributed by atoms with E-state index >= 15 is 0 Å². The van der Waals surface area contributed by atoms with Crippen LogP contribution in [0.5, 0.6) is 11.5 Å². The maximum absolute atomic E-state index is 13.3. The molecule has 4 aromatic rings. The Morgan fingerprint density at radius 2 is 1.39 bits per heavy atom. The number of nitrogens with one attached hydrogen (secondary N) is 1. The normalized spacial score (nSPS) is 18.7. The van der Waals surface area contributed by atoms with Crippen molar-refractivity contribution in [3.63, 3.8) is 0 Å². The molecule has 14 nitrogen and oxygen atoms in total. The van der Waals surface area contributed by atoms with E-state index in [4.69, 9.17) is 37.5 Å². The number of methoxy groups -OCH3 is 3. The molecular formula is C46H62N3O11PS. The van der Waals surface area contributed by atoms with Gasteiger partial charge in [-0.25, -0.2) is 9.46 Å². The Balaban J connectivity index is 1.53. The number of hydrogen-bond acceptors (Lipinski definition) is 13. The average Bonchev–Trinajstić information content (AvgIpc) is 3.59. The molecule has 0 saturated carbocycles. The predicted molar refractivity (Wildman–Crippen MR) is 242 cm³/mol. The largest absolute Gasteiger partial charge is 0.497 e. The van der Waals surface area contributed by atoms with Gasteiger partial charge in [-0.15, -0.1) is 0 Å². The highest BCUT2D eigenvalue weighted by Gasteiger charge is 2.51. The molecule has 1 N–H and O–H groups in total. The predicted octanol–water partition coefficient (Wildman–Crippen LogP) is 7.54. The van der Waals surface area contributed by atoms with Crippen molar-refractivity contribution < 1.29 is 42.3 Å². The Morgan fingerprint density at radius 3 is 1.90 bits per heavy atom. The van der Waals surface area contributed by atoms with Crippen molar-refractivity contribution in [2.24, 2.45) is 5.41 Å². The van der Waals surface area contributed by atoms with Crippen LogP contribution in [0, 0.1) is 5.41 Å². The van der Waals surface area contributed by atoms with Gasteiger partial charge in [0, 0.05) is 42.6 Å². The summed E-state index contributed by atoms with van der Waals surface area (Å²) in [5.74, 6) is 1.90. The summed E-state index contributed by atoms with van der Waals surface area (Å²) in [6.45, 7) is 14.8. The van der Waals surface area contributed by atoms with Gasteiger partial charge < -0.3 is 37.5 Å². The van der Waals surface area contributed by atoms with Crippen LogP contribution >= 0.6 is 20.3 Å². The molecule has 0 spiro atoms. The van der Waals surface area contributed by atoms with Gasteiger partial charge in [0.1, 0.15) is 35.4 Å². The Labute approximate surface area is 370 Å². The summed E-state index contributed by atoms with van der Waals surface area (Å²) in [5.41, 5.74) is -0.341. The van der Waals surface area contributed by atoms with E-state index in [-0.39, 0.29) is 37.0 Å². The molecule has 5 rings (SSSR count). The van der Waals surface area contributed by atoms with Crippen molar-refractivity contribution in [3.05, 3.63) is 129 Å². The molecule has 1 unspecified atom stereocenters. The van der Waals surface area contributed by atoms with E-state index in [9.17, 15) is 14.4 Å². The van der Waals surface area contributed by atoms with Gasteiger partial charge in [-0.2, -0.15) is 0 Å². The van der Waals surface area contributed by atoms with Crippen molar-refractivity contribution in [2.45, 2.75) is 90.7 Å². The number of thioether (sulfide) groups is 1. The summed E-state index contributed by atoms with van der Waals surface area (Å²) >= 11 is 1.26. The lowest BCUT2D eigenvalue weighted by molar-refractivity contribution is -0.117. The first-order valence-corrected chi connectivity index (χ1v) is 22.9. The number of aromatic nitrogens is 2. The van der Waals surface area contributed by atoms with Crippen molar-refractivity contribution in [2.75, 3.05) is 53.5 Å². The molecule has 62 heavy (non-hydrogen) atoms. The van der Waals surface area contributed by atoms with Gasteiger partial charge >= 0.3 is 5.69 Å². The van der Waals surface area contributed by atoms with E-state index < -0.39 is 55.3 Å². The zero-order valence-corrected chi connectivity index (χ0v) is 39.1. The number of carbonyl (C=O) groups excluding carboxylic acids is 1. The first-order valence-electron chi connectivity index (χ1n) is 20.8. The smallest absolute Gasteiger partial charge is 0.330 e. The number of H-pyrrole nitrogens is 1. The maximum Gasteiger partial charge on any atom is 0.330 e. The number of nitrogens with zero attached hydrogens (tertiary/aromatic N) is 2. The molecule has 0 radical (unpaired) electrons. The zero-order chi connectivity index (χ0) is 45.0. The van der Waals surface area contributed by atoms with Gasteiger partial charge in [0.05, 0.1) is 40.6 Å². The Morgan fingerprint density at radius 1 is 0.806 bits per heavy atom. The number of rotatable bonds is 22. The van der Waals surface area contributed by atoms with Gasteiger partial charge in [-0.05, 0) is 68.7 Å². The highest BCUT2D eigenvalue weighted by Crippen LogP contribution is 2.51. The second-order valence-electron chi connectivity index (χ2n) is 16.3. The molecule has 1 aromatic heterocycles. The molecular weight excluding hydrogens is 834 g/mol. The van der Waals surface area contributed by atoms with E-state index in [1.54, 1.807) is 14.2 Å². The molecule has 1 saturated heterocycles. The van der Waals surface area contributed by atoms with Crippen LogP contribution in [0.3, 0.4) is 0 Å². The molecule has 1 aliphatic rings. The molecule has 5 atom stereocenters. The summed E-state index contributed by atoms with van der Waals surface area (Å²) in [7, 11) is 2.97. The minimum Gasteiger partial charge on any atom is -0.497 e. The van der Waals surface area contributed by atoms with E-state index in [0.29, 0.717) is 23.9 Å². The van der Waals surface area contributed by atoms with Crippen LogP contribution in [-0.4, -0.2) is 103 Å². The fraction of sp³-hybridized carbons (Fsp3) is 0.500. The fourth-order valence-corrected chi connectivity index (χ4v) is 9.84. The number of ether oxygens (including phenoxy) is 6. The van der Waals surface area contributed by atoms with Gasteiger partial charge in [0.25, 0.3) is 14.1 Å². The lowest BCUT2D eigenvalue weighted by Gasteiger charge is -2.39. The first-order chi connectivity index (χ1) is 29.6. The summed E-state index contributed by atoms with van der Waals surface area (Å²) in [4.78, 5) is 40.3. The number of carbonyl (C=O) groups is 1. The lowest BCUT2D eigenvalue weighted by Crippen LogP contribution is -2.43. The lowest BCUT2D eigenvalue weighted by atomic mass is 9.80. The van der Waals surface area contributed by atoms with E-state index in [2.05, 4.69) is 37.3 Å². The van der Waals surface area contributed by atoms with Gasteiger partial charge in [0.2, 0.25) is 0 Å². The van der Waals surface area contributed by atoms with E-state index in [0.717, 1.165) is 16.7 Å². The van der Waals surface area contributed by atoms with Gasteiger partial charge in [0.15, 0.2) is 11.3 Å². The molecule has 1 fully saturated rings. The Kier molecular flexibility index (Phi) is 17.9. The molecule has 0 amide bonds. The molecule has 0 aliphatic carbocycles. The molecule has 1 aliphatic heterocycles. The maximum atomic E-state index is 13.3. The zero-order valence-electron chi connectivity index (χ0n) is 37.4. The SMILES string of the molecule is COc1ccc(C(OC[C@H]2O[C@@H](n3ccc(=O)[nH]c3=O)[C@H](OC)[C@@H]2OP(OCCOCCSC(=O)C(C)(C)C)N(C(C)C)C(C)C)(c2ccccc2)c2ccc(OC)cc2)cc1. The minimum absolute atomic E-state index is 0.00773. The number of hydrogen-bond donors (Lipinski definition) is 1.